The first-order valence-electron chi connectivity index (χ1n) is 3.15. The largest absolute Gasteiger partial charge is 0.411 e. The van der Waals surface area contributed by atoms with Crippen LogP contribution in [0.5, 0.6) is 0 Å². The van der Waals surface area contributed by atoms with E-state index in [4.69, 9.17) is 22.1 Å². The van der Waals surface area contributed by atoms with Crippen LogP contribution in [-0.4, -0.2) is 11.4 Å². The maximum Gasteiger partial charge on any atom is 0.0991 e. The van der Waals surface area contributed by atoms with Crippen molar-refractivity contribution in [3.05, 3.63) is 34.3 Å². The van der Waals surface area contributed by atoms with Crippen molar-refractivity contribution in [2.75, 3.05) is 0 Å². The van der Waals surface area contributed by atoms with Crippen LogP contribution in [-0.2, 0) is 0 Å². The second-order valence-electron chi connectivity index (χ2n) is 2.09. The van der Waals surface area contributed by atoms with Crippen LogP contribution >= 0.6 is 11.6 Å². The molecule has 0 saturated carbocycles. The zero-order chi connectivity index (χ0) is 8.97. The number of hydrogen-bond acceptors (Lipinski definition) is 3. The molecule has 0 heterocycles. The van der Waals surface area contributed by atoms with Gasteiger partial charge in [-0.1, -0.05) is 16.8 Å². The van der Waals surface area contributed by atoms with Gasteiger partial charge >= 0.3 is 0 Å². The van der Waals surface area contributed by atoms with E-state index in [9.17, 15) is 0 Å². The molecule has 1 N–H and O–H groups in total. The van der Waals surface area contributed by atoms with Gasteiger partial charge in [0, 0.05) is 10.6 Å². The van der Waals surface area contributed by atoms with E-state index in [0.717, 1.165) is 0 Å². The molecule has 0 aliphatic carbocycles. The fraction of sp³-hybridized carbons (Fsp3) is 0. The van der Waals surface area contributed by atoms with Crippen molar-refractivity contribution in [2.45, 2.75) is 0 Å². The summed E-state index contributed by atoms with van der Waals surface area (Å²) in [6, 6.07) is 6.67. The average molecular weight is 181 g/mol. The highest BCUT2D eigenvalue weighted by Gasteiger charge is 1.98. The lowest BCUT2D eigenvalue weighted by atomic mass is 10.1. The molecule has 0 amide bonds. The Morgan fingerprint density at radius 1 is 1.58 bits per heavy atom. The Morgan fingerprint density at radius 2 is 2.33 bits per heavy atom. The molecular formula is C8H5ClN2O. The summed E-state index contributed by atoms with van der Waals surface area (Å²) in [4.78, 5) is 0. The van der Waals surface area contributed by atoms with Gasteiger partial charge in [-0.25, -0.2) is 0 Å². The van der Waals surface area contributed by atoms with E-state index in [-0.39, 0.29) is 0 Å². The highest BCUT2D eigenvalue weighted by molar-refractivity contribution is 6.33. The number of benzene rings is 1. The van der Waals surface area contributed by atoms with Crippen molar-refractivity contribution in [2.24, 2.45) is 5.16 Å². The van der Waals surface area contributed by atoms with Gasteiger partial charge in [0.25, 0.3) is 0 Å². The SMILES string of the molecule is N#Cc1ccc(Cl)c(C=NO)c1. The van der Waals surface area contributed by atoms with Gasteiger partial charge < -0.3 is 5.21 Å². The lowest BCUT2D eigenvalue weighted by Gasteiger charge is -1.95. The minimum Gasteiger partial charge on any atom is -0.411 e. The summed E-state index contributed by atoms with van der Waals surface area (Å²) in [6.45, 7) is 0. The molecule has 60 valence electrons. The fourth-order valence-electron chi connectivity index (χ4n) is 0.774. The van der Waals surface area contributed by atoms with E-state index < -0.39 is 0 Å². The van der Waals surface area contributed by atoms with Crippen molar-refractivity contribution < 1.29 is 5.21 Å². The van der Waals surface area contributed by atoms with Gasteiger partial charge in [-0.15, -0.1) is 0 Å². The Balaban J connectivity index is 3.19. The van der Waals surface area contributed by atoms with Gasteiger partial charge in [0.2, 0.25) is 0 Å². The van der Waals surface area contributed by atoms with Gasteiger partial charge in [0.15, 0.2) is 0 Å². The summed E-state index contributed by atoms with van der Waals surface area (Å²) in [5.74, 6) is 0. The van der Waals surface area contributed by atoms with Crippen LogP contribution in [0.25, 0.3) is 0 Å². The zero-order valence-electron chi connectivity index (χ0n) is 6.03. The zero-order valence-corrected chi connectivity index (χ0v) is 6.78. The van der Waals surface area contributed by atoms with E-state index in [1.165, 1.54) is 6.21 Å². The summed E-state index contributed by atoms with van der Waals surface area (Å²) in [5, 5.41) is 20.0. The first-order valence-corrected chi connectivity index (χ1v) is 3.53. The van der Waals surface area contributed by atoms with Crippen molar-refractivity contribution in [3.8, 4) is 6.07 Å². The molecule has 0 aromatic heterocycles. The number of oxime groups is 1. The third kappa shape index (κ3) is 1.74. The predicted molar refractivity (Wildman–Crippen MR) is 45.5 cm³/mol. The predicted octanol–water partition coefficient (Wildman–Crippen LogP) is 2.02. The van der Waals surface area contributed by atoms with Gasteiger partial charge in [-0.2, -0.15) is 5.26 Å². The monoisotopic (exact) mass is 180 g/mol. The molecule has 4 heteroatoms. The molecule has 1 aromatic rings. The van der Waals surface area contributed by atoms with Crippen molar-refractivity contribution in [3.63, 3.8) is 0 Å². The van der Waals surface area contributed by atoms with Crippen molar-refractivity contribution in [1.82, 2.24) is 0 Å². The molecule has 3 nitrogen and oxygen atoms in total. The average Bonchev–Trinajstić information content (AvgIpc) is 2.09. The maximum atomic E-state index is 8.52. The normalized spacial score (nSPS) is 10.0. The topological polar surface area (TPSA) is 56.4 Å². The third-order valence-electron chi connectivity index (χ3n) is 1.32. The fourth-order valence-corrected chi connectivity index (χ4v) is 0.941. The molecular weight excluding hydrogens is 176 g/mol. The summed E-state index contributed by atoms with van der Waals surface area (Å²) < 4.78 is 0. The van der Waals surface area contributed by atoms with E-state index in [1.54, 1.807) is 18.2 Å². The third-order valence-corrected chi connectivity index (χ3v) is 1.67. The second kappa shape index (κ2) is 3.74. The van der Waals surface area contributed by atoms with Crippen LogP contribution in [0, 0.1) is 11.3 Å². The molecule has 0 atom stereocenters. The molecule has 0 fully saturated rings. The molecule has 1 aromatic carbocycles. The summed E-state index contributed by atoms with van der Waals surface area (Å²) >= 11 is 5.72. The van der Waals surface area contributed by atoms with Crippen LogP contribution in [0.15, 0.2) is 23.4 Å². The van der Waals surface area contributed by atoms with E-state index in [2.05, 4.69) is 5.16 Å². The highest BCUT2D eigenvalue weighted by atomic mass is 35.5. The molecule has 0 bridgehead atoms. The summed E-state index contributed by atoms with van der Waals surface area (Å²) in [6.07, 6.45) is 1.18. The minimum absolute atomic E-state index is 0.451. The number of halogens is 1. The summed E-state index contributed by atoms with van der Waals surface area (Å²) in [7, 11) is 0. The van der Waals surface area contributed by atoms with Gasteiger partial charge in [-0.3, -0.25) is 0 Å². The van der Waals surface area contributed by atoms with Crippen LogP contribution < -0.4 is 0 Å². The smallest absolute Gasteiger partial charge is 0.0991 e. The van der Waals surface area contributed by atoms with Gasteiger partial charge in [0.1, 0.15) is 0 Å². The highest BCUT2D eigenvalue weighted by Crippen LogP contribution is 2.15. The number of nitriles is 1. The van der Waals surface area contributed by atoms with Crippen LogP contribution in [0.1, 0.15) is 11.1 Å². The van der Waals surface area contributed by atoms with Gasteiger partial charge in [0.05, 0.1) is 17.8 Å². The van der Waals surface area contributed by atoms with Crippen LogP contribution in [0.4, 0.5) is 0 Å². The van der Waals surface area contributed by atoms with Gasteiger partial charge in [-0.05, 0) is 18.2 Å². The standard InChI is InChI=1S/C8H5ClN2O/c9-8-2-1-6(4-10)3-7(8)5-11-12/h1-3,5,12H. The first-order chi connectivity index (χ1) is 5.77. The Labute approximate surface area is 74.5 Å². The number of hydrogen-bond donors (Lipinski definition) is 1. The molecule has 12 heavy (non-hydrogen) atoms. The van der Waals surface area contributed by atoms with Crippen LogP contribution in [0.2, 0.25) is 5.02 Å². The lowest BCUT2D eigenvalue weighted by Crippen LogP contribution is -1.84. The quantitative estimate of drug-likeness (QED) is 0.408. The molecule has 0 aliphatic rings. The molecule has 0 spiro atoms. The van der Waals surface area contributed by atoms with Crippen molar-refractivity contribution in [1.29, 1.82) is 5.26 Å². The lowest BCUT2D eigenvalue weighted by molar-refractivity contribution is 0.322. The van der Waals surface area contributed by atoms with E-state index >= 15 is 0 Å². The van der Waals surface area contributed by atoms with Crippen LogP contribution in [0.3, 0.4) is 0 Å². The molecule has 0 radical (unpaired) electrons. The number of nitrogens with zero attached hydrogens (tertiary/aromatic N) is 2. The Hall–Kier alpha value is -1.53. The van der Waals surface area contributed by atoms with E-state index in [1.807, 2.05) is 6.07 Å². The molecule has 0 unspecified atom stereocenters. The number of rotatable bonds is 1. The molecule has 1 rings (SSSR count). The Morgan fingerprint density at radius 3 is 2.92 bits per heavy atom. The maximum absolute atomic E-state index is 8.52. The van der Waals surface area contributed by atoms with Crippen molar-refractivity contribution >= 4 is 17.8 Å². The summed E-state index contributed by atoms with van der Waals surface area (Å²) in [5.41, 5.74) is 1.01. The second-order valence-corrected chi connectivity index (χ2v) is 2.50. The first kappa shape index (κ1) is 8.57. The minimum atomic E-state index is 0.451. The van der Waals surface area contributed by atoms with E-state index in [0.29, 0.717) is 16.1 Å². The Bertz CT molecular complexity index is 355. The molecule has 0 saturated heterocycles. The Kier molecular flexibility index (Phi) is 2.67. The molecule has 0 aliphatic heterocycles.